The molecule has 0 bridgehead atoms. The van der Waals surface area contributed by atoms with Crippen molar-refractivity contribution >= 4 is 11.8 Å². The lowest BCUT2D eigenvalue weighted by atomic mass is 10.2. The number of aromatic nitrogens is 1. The van der Waals surface area contributed by atoms with Crippen molar-refractivity contribution in [3.8, 4) is 0 Å². The van der Waals surface area contributed by atoms with Crippen LogP contribution in [0.25, 0.3) is 0 Å². The van der Waals surface area contributed by atoms with Gasteiger partial charge < -0.3 is 10.2 Å². The van der Waals surface area contributed by atoms with Crippen molar-refractivity contribution in [1.29, 1.82) is 0 Å². The van der Waals surface area contributed by atoms with E-state index in [1.165, 1.54) is 0 Å². The molecule has 0 saturated heterocycles. The minimum absolute atomic E-state index is 0.239. The average molecular weight is 231 g/mol. The Bertz CT molecular complexity index is 534. The summed E-state index contributed by atoms with van der Waals surface area (Å²) in [6.45, 7) is 2.12. The number of aryl methyl sites for hydroxylation is 1. The van der Waals surface area contributed by atoms with Crippen molar-refractivity contribution in [3.05, 3.63) is 47.5 Å². The van der Waals surface area contributed by atoms with Crippen LogP contribution in [0.5, 0.6) is 0 Å². The molecule has 0 aliphatic carbocycles. The highest BCUT2D eigenvalue weighted by Crippen LogP contribution is 2.13. The van der Waals surface area contributed by atoms with Gasteiger partial charge in [0.2, 0.25) is 0 Å². The quantitative estimate of drug-likeness (QED) is 0.842. The predicted octanol–water partition coefficient (Wildman–Crippen LogP) is 1.69. The molecular weight excluding hydrogens is 218 g/mol. The van der Waals surface area contributed by atoms with Crippen molar-refractivity contribution < 1.29 is 9.21 Å². The Morgan fingerprint density at radius 3 is 2.94 bits per heavy atom. The maximum atomic E-state index is 11.9. The Morgan fingerprint density at radius 2 is 2.29 bits per heavy atom. The molecule has 88 valence electrons. The van der Waals surface area contributed by atoms with Crippen LogP contribution >= 0.6 is 0 Å². The van der Waals surface area contributed by atoms with Gasteiger partial charge in [0, 0.05) is 24.4 Å². The van der Waals surface area contributed by atoms with Gasteiger partial charge in [0.25, 0.3) is 5.91 Å². The minimum atomic E-state index is -0.239. The number of nitrogens with zero attached hydrogens (tertiary/aromatic N) is 1. The van der Waals surface area contributed by atoms with Crippen LogP contribution < -0.4 is 11.1 Å². The first-order chi connectivity index (χ1) is 8.19. The molecule has 2 aromatic rings. The van der Waals surface area contributed by atoms with Gasteiger partial charge in [-0.3, -0.25) is 15.1 Å². The van der Waals surface area contributed by atoms with Gasteiger partial charge in [0.05, 0.1) is 5.69 Å². The molecule has 5 nitrogen and oxygen atoms in total. The molecule has 0 fully saturated rings. The molecule has 0 aliphatic heterocycles. The highest BCUT2D eigenvalue weighted by atomic mass is 16.4. The van der Waals surface area contributed by atoms with E-state index in [4.69, 9.17) is 10.2 Å². The van der Waals surface area contributed by atoms with E-state index >= 15 is 0 Å². The predicted molar refractivity (Wildman–Crippen MR) is 63.5 cm³/mol. The largest absolute Gasteiger partial charge is 0.446 e. The first kappa shape index (κ1) is 11.3. The molecule has 2 heterocycles. The molecular formula is C12H13N3O2. The molecule has 2 aromatic heterocycles. The summed E-state index contributed by atoms with van der Waals surface area (Å²) in [5, 5.41) is 2.66. The lowest BCUT2D eigenvalue weighted by Crippen LogP contribution is -2.12. The summed E-state index contributed by atoms with van der Waals surface area (Å²) in [4.78, 5) is 15.9. The molecule has 0 aliphatic rings. The van der Waals surface area contributed by atoms with Crippen LogP contribution in [0.1, 0.15) is 21.8 Å². The smallest absolute Gasteiger partial charge is 0.258 e. The van der Waals surface area contributed by atoms with Gasteiger partial charge in [-0.15, -0.1) is 0 Å². The third-order valence-corrected chi connectivity index (χ3v) is 2.26. The zero-order chi connectivity index (χ0) is 12.3. The fraction of sp³-hybridized carbons (Fsp3) is 0.167. The summed E-state index contributed by atoms with van der Waals surface area (Å²) in [6, 6.07) is 6.78. The summed E-state index contributed by atoms with van der Waals surface area (Å²) in [5.41, 5.74) is 6.65. The molecule has 17 heavy (non-hydrogen) atoms. The van der Waals surface area contributed by atoms with E-state index in [0.717, 1.165) is 5.76 Å². The number of carbonyl (C=O) groups is 1. The van der Waals surface area contributed by atoms with Gasteiger partial charge in [-0.1, -0.05) is 0 Å². The van der Waals surface area contributed by atoms with Crippen LogP contribution in [0, 0.1) is 6.92 Å². The molecule has 0 saturated carbocycles. The standard InChI is InChI=1S/C12H13N3O2/c1-8-2-3-11(17-8)15-12(16)9-4-5-14-10(6-9)7-13/h2-6H,7,13H2,1H3,(H,15,16). The van der Waals surface area contributed by atoms with Gasteiger partial charge in [0.1, 0.15) is 5.76 Å². The number of amides is 1. The zero-order valence-corrected chi connectivity index (χ0v) is 9.43. The number of anilines is 1. The molecule has 0 radical (unpaired) electrons. The second-order valence-electron chi connectivity index (χ2n) is 3.60. The molecule has 0 aromatic carbocycles. The lowest BCUT2D eigenvalue weighted by Gasteiger charge is -2.03. The van der Waals surface area contributed by atoms with E-state index in [1.807, 2.05) is 6.92 Å². The number of carbonyl (C=O) groups excluding carboxylic acids is 1. The van der Waals surface area contributed by atoms with E-state index in [1.54, 1.807) is 30.5 Å². The van der Waals surface area contributed by atoms with Gasteiger partial charge in [-0.05, 0) is 25.1 Å². The minimum Gasteiger partial charge on any atom is -0.446 e. The molecule has 1 amide bonds. The fourth-order valence-corrected chi connectivity index (χ4v) is 1.42. The van der Waals surface area contributed by atoms with Gasteiger partial charge in [-0.2, -0.15) is 0 Å². The topological polar surface area (TPSA) is 81.2 Å². The lowest BCUT2D eigenvalue weighted by molar-refractivity contribution is 0.102. The Hall–Kier alpha value is -2.14. The first-order valence-electron chi connectivity index (χ1n) is 5.22. The van der Waals surface area contributed by atoms with Crippen molar-refractivity contribution in [3.63, 3.8) is 0 Å². The van der Waals surface area contributed by atoms with Crippen LogP contribution in [0.2, 0.25) is 0 Å². The number of furan rings is 1. The highest BCUT2D eigenvalue weighted by molar-refractivity contribution is 6.03. The molecule has 5 heteroatoms. The normalized spacial score (nSPS) is 10.2. The fourth-order valence-electron chi connectivity index (χ4n) is 1.42. The molecule has 0 atom stereocenters. The van der Waals surface area contributed by atoms with E-state index < -0.39 is 0 Å². The second-order valence-corrected chi connectivity index (χ2v) is 3.60. The molecule has 3 N–H and O–H groups in total. The number of nitrogens with two attached hydrogens (primary N) is 1. The monoisotopic (exact) mass is 231 g/mol. The van der Waals surface area contributed by atoms with E-state index in [-0.39, 0.29) is 5.91 Å². The van der Waals surface area contributed by atoms with Gasteiger partial charge in [-0.25, -0.2) is 0 Å². The number of hydrogen-bond acceptors (Lipinski definition) is 4. The van der Waals surface area contributed by atoms with Crippen molar-refractivity contribution in [2.24, 2.45) is 5.73 Å². The first-order valence-corrected chi connectivity index (χ1v) is 5.22. The molecule has 2 rings (SSSR count). The average Bonchev–Trinajstić information content (AvgIpc) is 2.75. The zero-order valence-electron chi connectivity index (χ0n) is 9.43. The SMILES string of the molecule is Cc1ccc(NC(=O)c2ccnc(CN)c2)o1. The maximum Gasteiger partial charge on any atom is 0.258 e. The Morgan fingerprint density at radius 1 is 1.47 bits per heavy atom. The van der Waals surface area contributed by atoms with Crippen LogP contribution in [-0.4, -0.2) is 10.9 Å². The Balaban J connectivity index is 2.14. The summed E-state index contributed by atoms with van der Waals surface area (Å²) < 4.78 is 5.26. The summed E-state index contributed by atoms with van der Waals surface area (Å²) in [6.07, 6.45) is 1.56. The van der Waals surface area contributed by atoms with Crippen molar-refractivity contribution in [2.75, 3.05) is 5.32 Å². The Kier molecular flexibility index (Phi) is 3.20. The highest BCUT2D eigenvalue weighted by Gasteiger charge is 2.08. The van der Waals surface area contributed by atoms with Crippen LogP contribution in [-0.2, 0) is 6.54 Å². The van der Waals surface area contributed by atoms with Crippen molar-refractivity contribution in [1.82, 2.24) is 4.98 Å². The maximum absolute atomic E-state index is 11.9. The van der Waals surface area contributed by atoms with Crippen LogP contribution in [0.15, 0.2) is 34.9 Å². The number of nitrogens with one attached hydrogen (secondary N) is 1. The van der Waals surface area contributed by atoms with Crippen molar-refractivity contribution in [2.45, 2.75) is 13.5 Å². The van der Waals surface area contributed by atoms with Crippen LogP contribution in [0.4, 0.5) is 5.88 Å². The van der Waals surface area contributed by atoms with Gasteiger partial charge in [0.15, 0.2) is 5.88 Å². The number of hydrogen-bond donors (Lipinski definition) is 2. The Labute approximate surface area is 98.6 Å². The van der Waals surface area contributed by atoms with E-state index in [2.05, 4.69) is 10.3 Å². The summed E-state index contributed by atoms with van der Waals surface area (Å²) >= 11 is 0. The summed E-state index contributed by atoms with van der Waals surface area (Å²) in [5.74, 6) is 0.938. The number of rotatable bonds is 3. The van der Waals surface area contributed by atoms with Crippen LogP contribution in [0.3, 0.4) is 0 Å². The van der Waals surface area contributed by atoms with Gasteiger partial charge >= 0.3 is 0 Å². The molecule has 0 spiro atoms. The number of pyridine rings is 1. The molecule has 0 unspecified atom stereocenters. The third kappa shape index (κ3) is 2.70. The van der Waals surface area contributed by atoms with E-state index in [0.29, 0.717) is 23.7 Å². The summed E-state index contributed by atoms with van der Waals surface area (Å²) in [7, 11) is 0. The third-order valence-electron chi connectivity index (χ3n) is 2.26. The second kappa shape index (κ2) is 4.80. The van der Waals surface area contributed by atoms with E-state index in [9.17, 15) is 4.79 Å².